The molecule has 1 atom stereocenters. The molecule has 0 aliphatic rings. The Morgan fingerprint density at radius 1 is 1.12 bits per heavy atom. The van der Waals surface area contributed by atoms with Gasteiger partial charge in [-0.05, 0) is 30.2 Å². The first-order valence-corrected chi connectivity index (χ1v) is 7.86. The predicted molar refractivity (Wildman–Crippen MR) is 97.4 cm³/mol. The molecule has 6 N–H and O–H groups in total. The second-order valence-electron chi connectivity index (χ2n) is 5.78. The molecule has 0 saturated carbocycles. The zero-order valence-corrected chi connectivity index (χ0v) is 14.1. The number of aryl methyl sites for hydroxylation is 1. The van der Waals surface area contributed by atoms with Gasteiger partial charge in [0.2, 0.25) is 0 Å². The van der Waals surface area contributed by atoms with Gasteiger partial charge in [-0.3, -0.25) is 4.79 Å². The van der Waals surface area contributed by atoms with Gasteiger partial charge in [0.15, 0.2) is 0 Å². The number of hydrogen-bond donors (Lipinski definition) is 5. The number of aromatic amines is 1. The van der Waals surface area contributed by atoms with Crippen molar-refractivity contribution in [1.82, 2.24) is 4.98 Å². The van der Waals surface area contributed by atoms with Crippen molar-refractivity contribution in [2.75, 3.05) is 0 Å². The highest BCUT2D eigenvalue weighted by Gasteiger charge is 2.14. The van der Waals surface area contributed by atoms with Crippen LogP contribution in [0.3, 0.4) is 0 Å². The number of aliphatic carboxylic acids is 1. The lowest BCUT2D eigenvalue weighted by Gasteiger charge is -2.04. The van der Waals surface area contributed by atoms with Crippen molar-refractivity contribution in [3.05, 3.63) is 65.4 Å². The molecule has 26 heavy (non-hydrogen) atoms. The van der Waals surface area contributed by atoms with Crippen molar-refractivity contribution in [3.8, 4) is 5.75 Å². The van der Waals surface area contributed by atoms with Gasteiger partial charge < -0.3 is 26.0 Å². The second-order valence-corrected chi connectivity index (χ2v) is 5.78. The summed E-state index contributed by atoms with van der Waals surface area (Å²) < 4.78 is 0. The molecule has 1 aromatic heterocycles. The maximum atomic E-state index is 10.6. The van der Waals surface area contributed by atoms with Crippen LogP contribution in [0.5, 0.6) is 5.75 Å². The second kappa shape index (κ2) is 8.17. The van der Waals surface area contributed by atoms with Gasteiger partial charge in [-0.25, -0.2) is 4.79 Å². The first-order valence-electron chi connectivity index (χ1n) is 7.86. The minimum absolute atomic E-state index is 0.0509. The maximum absolute atomic E-state index is 10.6. The van der Waals surface area contributed by atoms with E-state index in [2.05, 4.69) is 4.98 Å². The van der Waals surface area contributed by atoms with E-state index < -0.39 is 18.0 Å². The number of phenols is 1. The maximum Gasteiger partial charge on any atom is 0.339 e. The monoisotopic (exact) mass is 356 g/mol. The summed E-state index contributed by atoms with van der Waals surface area (Å²) in [6, 6.07) is 11.5. The molecule has 3 aromatic rings. The van der Waals surface area contributed by atoms with Crippen LogP contribution in [-0.4, -0.2) is 38.3 Å². The van der Waals surface area contributed by atoms with Crippen LogP contribution in [0, 0.1) is 6.92 Å². The number of para-hydroxylation sites is 2. The highest BCUT2D eigenvalue weighted by atomic mass is 16.4. The lowest BCUT2D eigenvalue weighted by Crippen LogP contribution is -2.32. The molecule has 0 bridgehead atoms. The lowest BCUT2D eigenvalue weighted by atomic mass is 10.1. The number of nitrogens with one attached hydrogen (secondary N) is 1. The molecule has 136 valence electrons. The smallest absolute Gasteiger partial charge is 0.339 e. The fraction of sp³-hybridized carbons (Fsp3) is 0.158. The molecule has 0 saturated heterocycles. The van der Waals surface area contributed by atoms with Crippen LogP contribution < -0.4 is 5.73 Å². The zero-order valence-electron chi connectivity index (χ0n) is 14.1. The number of fused-ring (bicyclic) bond motifs is 1. The Morgan fingerprint density at radius 2 is 1.81 bits per heavy atom. The predicted octanol–water partition coefficient (Wildman–Crippen LogP) is 2.52. The van der Waals surface area contributed by atoms with Crippen molar-refractivity contribution < 1.29 is 24.9 Å². The molecule has 0 unspecified atom stereocenters. The van der Waals surface area contributed by atoms with Gasteiger partial charge >= 0.3 is 11.9 Å². The molecular weight excluding hydrogens is 336 g/mol. The molecule has 2 aromatic carbocycles. The van der Waals surface area contributed by atoms with Crippen LogP contribution in [0.15, 0.2) is 48.7 Å². The number of aromatic nitrogens is 1. The van der Waals surface area contributed by atoms with Crippen LogP contribution in [0.25, 0.3) is 10.9 Å². The van der Waals surface area contributed by atoms with Gasteiger partial charge in [0, 0.05) is 23.5 Å². The number of carboxylic acid groups (broad SMARTS) is 2. The Hall–Kier alpha value is -3.32. The molecule has 0 aliphatic heterocycles. The van der Waals surface area contributed by atoms with Crippen molar-refractivity contribution >= 4 is 22.8 Å². The fourth-order valence-electron chi connectivity index (χ4n) is 2.46. The summed E-state index contributed by atoms with van der Waals surface area (Å²) in [6.45, 7) is 1.65. The third kappa shape index (κ3) is 4.40. The third-order valence-corrected chi connectivity index (χ3v) is 3.90. The van der Waals surface area contributed by atoms with E-state index in [9.17, 15) is 14.7 Å². The number of H-pyrrole nitrogens is 1. The van der Waals surface area contributed by atoms with Crippen LogP contribution >= 0.6 is 0 Å². The highest BCUT2D eigenvalue weighted by molar-refractivity contribution is 5.91. The first kappa shape index (κ1) is 19.0. The van der Waals surface area contributed by atoms with Crippen LogP contribution in [-0.2, 0) is 11.2 Å². The van der Waals surface area contributed by atoms with Gasteiger partial charge in [0.1, 0.15) is 17.4 Å². The van der Waals surface area contributed by atoms with E-state index in [4.69, 9.17) is 15.9 Å². The summed E-state index contributed by atoms with van der Waals surface area (Å²) in [4.78, 5) is 24.1. The Labute approximate surface area is 149 Å². The summed E-state index contributed by atoms with van der Waals surface area (Å²) >= 11 is 0. The number of nitrogens with two attached hydrogens (primary N) is 1. The topological polar surface area (TPSA) is 137 Å². The van der Waals surface area contributed by atoms with Gasteiger partial charge in [-0.2, -0.15) is 0 Å². The number of aromatic carboxylic acids is 1. The van der Waals surface area contributed by atoms with E-state index >= 15 is 0 Å². The molecule has 7 heteroatoms. The first-order chi connectivity index (χ1) is 12.3. The number of benzene rings is 2. The van der Waals surface area contributed by atoms with Gasteiger partial charge in [0.25, 0.3) is 0 Å². The van der Waals surface area contributed by atoms with Gasteiger partial charge in [0.05, 0.1) is 0 Å². The number of hydrogen-bond acceptors (Lipinski definition) is 4. The van der Waals surface area contributed by atoms with E-state index in [1.807, 2.05) is 30.5 Å². The Kier molecular flexibility index (Phi) is 5.98. The number of aromatic hydroxyl groups is 1. The standard InChI is InChI=1S/C11H12N2O2.C8H8O3/c12-9(11(14)15)5-7-6-13-10-4-2-1-3-8(7)10;1-5-3-2-4-6(7(5)9)8(10)11/h1-4,6,9,13H,5,12H2,(H,14,15);2-4,9H,1H3,(H,10,11)/t9-;/m0./s1. The zero-order chi connectivity index (χ0) is 19.3. The summed E-state index contributed by atoms with van der Waals surface area (Å²) in [5, 5.41) is 27.5. The lowest BCUT2D eigenvalue weighted by molar-refractivity contribution is -0.138. The van der Waals surface area contributed by atoms with E-state index in [1.54, 1.807) is 19.1 Å². The van der Waals surface area contributed by atoms with Crippen molar-refractivity contribution in [3.63, 3.8) is 0 Å². The van der Waals surface area contributed by atoms with Gasteiger partial charge in [-0.15, -0.1) is 0 Å². The summed E-state index contributed by atoms with van der Waals surface area (Å²) in [6.07, 6.45) is 2.16. The van der Waals surface area contributed by atoms with Crippen molar-refractivity contribution in [2.45, 2.75) is 19.4 Å². The van der Waals surface area contributed by atoms with Crippen molar-refractivity contribution in [1.29, 1.82) is 0 Å². The molecule has 0 fully saturated rings. The molecule has 1 heterocycles. The van der Waals surface area contributed by atoms with E-state index in [0.717, 1.165) is 16.5 Å². The Bertz CT molecular complexity index is 933. The Morgan fingerprint density at radius 3 is 2.42 bits per heavy atom. The van der Waals surface area contributed by atoms with Crippen molar-refractivity contribution in [2.24, 2.45) is 5.73 Å². The van der Waals surface area contributed by atoms with E-state index in [-0.39, 0.29) is 11.3 Å². The molecular formula is C19H20N2O5. The fourth-order valence-corrected chi connectivity index (χ4v) is 2.46. The normalized spacial score (nSPS) is 11.5. The van der Waals surface area contributed by atoms with Crippen LogP contribution in [0.2, 0.25) is 0 Å². The van der Waals surface area contributed by atoms with Crippen LogP contribution in [0.1, 0.15) is 21.5 Å². The largest absolute Gasteiger partial charge is 0.507 e. The number of carbonyl (C=O) groups is 2. The summed E-state index contributed by atoms with van der Waals surface area (Å²) in [7, 11) is 0. The molecule has 0 amide bonds. The van der Waals surface area contributed by atoms with E-state index in [1.165, 1.54) is 6.07 Å². The highest BCUT2D eigenvalue weighted by Crippen LogP contribution is 2.21. The number of carboxylic acids is 2. The minimum atomic E-state index is -1.11. The average molecular weight is 356 g/mol. The molecule has 3 rings (SSSR count). The van der Waals surface area contributed by atoms with Crippen LogP contribution in [0.4, 0.5) is 0 Å². The summed E-state index contributed by atoms with van der Waals surface area (Å²) in [5.74, 6) is -2.23. The Balaban J connectivity index is 0.000000197. The molecule has 0 radical (unpaired) electrons. The SMILES string of the molecule is Cc1cccc(C(=O)O)c1O.N[C@@H](Cc1c[nH]c2ccccc12)C(=O)O. The average Bonchev–Trinajstić information content (AvgIpc) is 3.01. The van der Waals surface area contributed by atoms with Gasteiger partial charge in [-0.1, -0.05) is 30.3 Å². The third-order valence-electron chi connectivity index (χ3n) is 3.90. The van der Waals surface area contributed by atoms with E-state index in [0.29, 0.717) is 12.0 Å². The quantitative estimate of drug-likeness (QED) is 0.487. The molecule has 0 spiro atoms. The minimum Gasteiger partial charge on any atom is -0.507 e. The molecule has 0 aliphatic carbocycles. The molecule has 7 nitrogen and oxygen atoms in total. The summed E-state index contributed by atoms with van der Waals surface area (Å²) in [5.41, 5.74) is 7.96. The number of rotatable bonds is 4.